The minimum Gasteiger partial charge on any atom is -0.336 e. The lowest BCUT2D eigenvalue weighted by atomic mass is 10.1. The third kappa shape index (κ3) is 4.50. The molecule has 0 fully saturated rings. The zero-order chi connectivity index (χ0) is 17.5. The summed E-state index contributed by atoms with van der Waals surface area (Å²) in [6.07, 6.45) is 2.48. The van der Waals surface area contributed by atoms with Crippen LogP contribution >= 0.6 is 0 Å². The maximum Gasteiger partial charge on any atom is 0.319 e. The zero-order valence-electron chi connectivity index (χ0n) is 13.5. The highest BCUT2D eigenvalue weighted by molar-refractivity contribution is 5.91. The van der Waals surface area contributed by atoms with E-state index in [1.165, 1.54) is 12.3 Å². The summed E-state index contributed by atoms with van der Waals surface area (Å²) >= 11 is 0. The summed E-state index contributed by atoms with van der Waals surface area (Å²) in [6.45, 7) is 0.363. The topological polar surface area (TPSA) is 100 Å². The van der Waals surface area contributed by atoms with Gasteiger partial charge in [-0.1, -0.05) is 30.3 Å². The van der Waals surface area contributed by atoms with Crippen LogP contribution in [0.2, 0.25) is 0 Å². The summed E-state index contributed by atoms with van der Waals surface area (Å²) in [4.78, 5) is 28.1. The molecule has 2 N–H and O–H groups in total. The Bertz CT molecular complexity index is 706. The van der Waals surface area contributed by atoms with Crippen LogP contribution in [0.15, 0.2) is 48.8 Å². The third-order valence-corrected chi connectivity index (χ3v) is 3.51. The number of benzene rings is 1. The number of carbonyl (C=O) groups is 1. The lowest BCUT2D eigenvalue weighted by Crippen LogP contribution is -2.37. The first-order valence-corrected chi connectivity index (χ1v) is 7.33. The molecule has 0 spiro atoms. The van der Waals surface area contributed by atoms with Crippen molar-refractivity contribution in [3.63, 3.8) is 0 Å². The van der Waals surface area contributed by atoms with Crippen molar-refractivity contribution in [2.45, 2.75) is 6.04 Å². The highest BCUT2D eigenvalue weighted by Crippen LogP contribution is 2.22. The van der Waals surface area contributed by atoms with E-state index in [9.17, 15) is 14.9 Å². The highest BCUT2D eigenvalue weighted by atomic mass is 16.6. The molecule has 1 unspecified atom stereocenters. The average molecular weight is 329 g/mol. The van der Waals surface area contributed by atoms with Gasteiger partial charge in [0.25, 0.3) is 0 Å². The van der Waals surface area contributed by atoms with Crippen molar-refractivity contribution in [1.29, 1.82) is 0 Å². The first-order valence-electron chi connectivity index (χ1n) is 7.33. The molecule has 0 aliphatic rings. The van der Waals surface area contributed by atoms with Gasteiger partial charge in [-0.25, -0.2) is 4.79 Å². The van der Waals surface area contributed by atoms with Crippen molar-refractivity contribution in [2.75, 3.05) is 26.0 Å². The molecule has 1 aromatic heterocycles. The van der Waals surface area contributed by atoms with Crippen molar-refractivity contribution in [3.8, 4) is 0 Å². The standard InChI is InChI=1S/C16H19N5O3/c1-20(2)14(12-6-4-3-5-7-12)11-18-16(22)19-13-8-9-17-10-15(13)21(23)24/h3-10,14H,11H2,1-2H3,(H2,17,18,19,22). The predicted molar refractivity (Wildman–Crippen MR) is 90.8 cm³/mol. The molecule has 24 heavy (non-hydrogen) atoms. The Kier molecular flexibility index (Phi) is 5.80. The van der Waals surface area contributed by atoms with E-state index in [0.29, 0.717) is 6.54 Å². The molecule has 1 aromatic carbocycles. The van der Waals surface area contributed by atoms with E-state index in [-0.39, 0.29) is 17.4 Å². The van der Waals surface area contributed by atoms with Crippen LogP contribution in [-0.4, -0.2) is 41.5 Å². The van der Waals surface area contributed by atoms with Gasteiger partial charge in [-0.3, -0.25) is 15.1 Å². The summed E-state index contributed by atoms with van der Waals surface area (Å²) in [5, 5.41) is 16.2. The first-order chi connectivity index (χ1) is 11.5. The van der Waals surface area contributed by atoms with Crippen molar-refractivity contribution in [1.82, 2.24) is 15.2 Å². The van der Waals surface area contributed by atoms with Crippen LogP contribution < -0.4 is 10.6 Å². The Hall–Kier alpha value is -3.00. The van der Waals surface area contributed by atoms with Crippen LogP contribution in [0.3, 0.4) is 0 Å². The largest absolute Gasteiger partial charge is 0.336 e. The minimum absolute atomic E-state index is 0.00984. The second-order valence-corrected chi connectivity index (χ2v) is 5.38. The van der Waals surface area contributed by atoms with Crippen molar-refractivity contribution in [2.24, 2.45) is 0 Å². The van der Waals surface area contributed by atoms with E-state index < -0.39 is 11.0 Å². The van der Waals surface area contributed by atoms with E-state index in [2.05, 4.69) is 15.6 Å². The van der Waals surface area contributed by atoms with Crippen LogP contribution in [-0.2, 0) is 0 Å². The number of nitrogens with zero attached hydrogens (tertiary/aromatic N) is 3. The number of pyridine rings is 1. The number of rotatable bonds is 6. The summed E-state index contributed by atoms with van der Waals surface area (Å²) in [5.74, 6) is 0. The first kappa shape index (κ1) is 17.4. The molecule has 2 aromatic rings. The van der Waals surface area contributed by atoms with Crippen molar-refractivity contribution >= 4 is 17.4 Å². The van der Waals surface area contributed by atoms with Gasteiger partial charge in [0, 0.05) is 12.7 Å². The van der Waals surface area contributed by atoms with E-state index in [1.54, 1.807) is 0 Å². The molecule has 0 radical (unpaired) electrons. The number of hydrogen-bond acceptors (Lipinski definition) is 5. The molecule has 2 rings (SSSR count). The predicted octanol–water partition coefficient (Wildman–Crippen LogP) is 2.41. The van der Waals surface area contributed by atoms with Gasteiger partial charge in [0.2, 0.25) is 0 Å². The van der Waals surface area contributed by atoms with E-state index in [0.717, 1.165) is 11.8 Å². The fourth-order valence-corrected chi connectivity index (χ4v) is 2.27. The minimum atomic E-state index is -0.588. The monoisotopic (exact) mass is 329 g/mol. The number of nitro groups is 1. The van der Waals surface area contributed by atoms with Crippen LogP contribution in [0.1, 0.15) is 11.6 Å². The number of amides is 2. The molecule has 0 saturated carbocycles. The molecule has 1 heterocycles. The molecule has 0 aliphatic heterocycles. The van der Waals surface area contributed by atoms with Crippen LogP contribution in [0.5, 0.6) is 0 Å². The van der Waals surface area contributed by atoms with Crippen LogP contribution in [0, 0.1) is 10.1 Å². The quantitative estimate of drug-likeness (QED) is 0.626. The number of carbonyl (C=O) groups excluding carboxylic acids is 1. The summed E-state index contributed by atoms with van der Waals surface area (Å²) in [6, 6.07) is 10.6. The Morgan fingerprint density at radius 2 is 2.00 bits per heavy atom. The Morgan fingerprint density at radius 1 is 1.29 bits per heavy atom. The lowest BCUT2D eigenvalue weighted by Gasteiger charge is -2.25. The number of nitrogens with one attached hydrogen (secondary N) is 2. The van der Waals surface area contributed by atoms with Gasteiger partial charge >= 0.3 is 11.7 Å². The smallest absolute Gasteiger partial charge is 0.319 e. The van der Waals surface area contributed by atoms with E-state index >= 15 is 0 Å². The van der Waals surface area contributed by atoms with Gasteiger partial charge in [0.15, 0.2) is 0 Å². The van der Waals surface area contributed by atoms with Gasteiger partial charge < -0.3 is 15.5 Å². The second kappa shape index (κ2) is 8.02. The molecule has 8 nitrogen and oxygen atoms in total. The van der Waals surface area contributed by atoms with Gasteiger partial charge in [-0.2, -0.15) is 0 Å². The molecule has 0 bridgehead atoms. The van der Waals surface area contributed by atoms with Crippen molar-refractivity contribution < 1.29 is 9.72 Å². The third-order valence-electron chi connectivity index (χ3n) is 3.51. The molecule has 8 heteroatoms. The number of anilines is 1. The number of aromatic nitrogens is 1. The van der Waals surface area contributed by atoms with Gasteiger partial charge in [0.1, 0.15) is 11.9 Å². The number of likely N-dealkylation sites (N-methyl/N-ethyl adjacent to an activating group) is 1. The molecule has 0 aliphatic carbocycles. The second-order valence-electron chi connectivity index (χ2n) is 5.38. The van der Waals surface area contributed by atoms with Gasteiger partial charge in [-0.15, -0.1) is 0 Å². The normalized spacial score (nSPS) is 11.8. The number of urea groups is 1. The summed E-state index contributed by atoms with van der Waals surface area (Å²) < 4.78 is 0. The molecule has 2 amide bonds. The number of hydrogen-bond donors (Lipinski definition) is 2. The Labute approximate surface area is 139 Å². The molecule has 1 atom stereocenters. The fraction of sp³-hybridized carbons (Fsp3) is 0.250. The van der Waals surface area contributed by atoms with E-state index in [1.807, 2.05) is 49.3 Å². The maximum atomic E-state index is 12.1. The fourth-order valence-electron chi connectivity index (χ4n) is 2.27. The summed E-state index contributed by atoms with van der Waals surface area (Å²) in [5.41, 5.74) is 0.922. The zero-order valence-corrected chi connectivity index (χ0v) is 13.5. The van der Waals surface area contributed by atoms with Gasteiger partial charge in [0.05, 0.1) is 11.0 Å². The molecular weight excluding hydrogens is 310 g/mol. The van der Waals surface area contributed by atoms with Crippen LogP contribution in [0.25, 0.3) is 0 Å². The Morgan fingerprint density at radius 3 is 2.62 bits per heavy atom. The summed E-state index contributed by atoms with van der Waals surface area (Å²) in [7, 11) is 3.84. The SMILES string of the molecule is CN(C)C(CNC(=O)Nc1ccncc1[N+](=O)[O-])c1ccccc1. The molecule has 0 saturated heterocycles. The molecule has 126 valence electrons. The lowest BCUT2D eigenvalue weighted by molar-refractivity contribution is -0.384. The van der Waals surface area contributed by atoms with Gasteiger partial charge in [-0.05, 0) is 25.7 Å². The maximum absolute atomic E-state index is 12.1. The van der Waals surface area contributed by atoms with E-state index in [4.69, 9.17) is 0 Å². The molecular formula is C16H19N5O3. The highest BCUT2D eigenvalue weighted by Gasteiger charge is 2.18. The van der Waals surface area contributed by atoms with Crippen LogP contribution in [0.4, 0.5) is 16.2 Å². The Balaban J connectivity index is 2.01. The average Bonchev–Trinajstić information content (AvgIpc) is 2.56. The van der Waals surface area contributed by atoms with Crippen molar-refractivity contribution in [3.05, 3.63) is 64.5 Å².